The Morgan fingerprint density at radius 3 is 2.83 bits per heavy atom. The Bertz CT molecular complexity index is 598. The van der Waals surface area contributed by atoms with Gasteiger partial charge in [-0.05, 0) is 18.9 Å². The molecule has 0 bridgehead atoms. The molecule has 0 amide bonds. The zero-order valence-corrected chi connectivity index (χ0v) is 10.4. The van der Waals surface area contributed by atoms with Crippen molar-refractivity contribution in [1.29, 1.82) is 0 Å². The number of Topliss-reactive ketones (excluding diaryl/α,β-unsaturated/α-hetero) is 1. The second kappa shape index (κ2) is 5.04. The summed E-state index contributed by atoms with van der Waals surface area (Å²) in [5, 5.41) is 0.758. The Morgan fingerprint density at radius 2 is 2.11 bits per heavy atom. The van der Waals surface area contributed by atoms with Crippen LogP contribution in [0.25, 0.3) is 10.9 Å². The van der Waals surface area contributed by atoms with Gasteiger partial charge in [0.25, 0.3) is 5.78 Å². The number of rotatable bonds is 4. The van der Waals surface area contributed by atoms with Crippen molar-refractivity contribution in [2.75, 3.05) is 6.61 Å². The van der Waals surface area contributed by atoms with Crippen molar-refractivity contribution in [3.63, 3.8) is 0 Å². The van der Waals surface area contributed by atoms with Gasteiger partial charge in [0.2, 0.25) is 0 Å². The number of hydrogen-bond donors (Lipinski definition) is 1. The summed E-state index contributed by atoms with van der Waals surface area (Å²) in [6.45, 7) is 4.10. The Kier molecular flexibility index (Phi) is 3.46. The van der Waals surface area contributed by atoms with Crippen LogP contribution in [0.1, 0.15) is 29.3 Å². The molecule has 0 unspecified atom stereocenters. The van der Waals surface area contributed by atoms with E-state index in [4.69, 9.17) is 4.74 Å². The van der Waals surface area contributed by atoms with Gasteiger partial charge in [0.05, 0.1) is 12.2 Å². The van der Waals surface area contributed by atoms with Gasteiger partial charge in [0.15, 0.2) is 0 Å². The minimum Gasteiger partial charge on any atom is -0.460 e. The minimum atomic E-state index is -0.792. The molecule has 18 heavy (non-hydrogen) atoms. The van der Waals surface area contributed by atoms with Crippen LogP contribution in [-0.2, 0) is 9.53 Å². The van der Waals surface area contributed by atoms with E-state index in [0.717, 1.165) is 16.5 Å². The maximum Gasteiger partial charge on any atom is 0.379 e. The topological polar surface area (TPSA) is 59.2 Å². The molecule has 0 aliphatic carbocycles. The van der Waals surface area contributed by atoms with Crippen LogP contribution >= 0.6 is 0 Å². The molecule has 1 aromatic heterocycles. The number of esters is 1. The molecule has 1 aromatic carbocycles. The van der Waals surface area contributed by atoms with Gasteiger partial charge < -0.3 is 9.72 Å². The lowest BCUT2D eigenvalue weighted by Crippen LogP contribution is -2.17. The van der Waals surface area contributed by atoms with Crippen molar-refractivity contribution in [2.45, 2.75) is 20.3 Å². The van der Waals surface area contributed by atoms with Gasteiger partial charge in [0, 0.05) is 17.1 Å². The lowest BCUT2D eigenvalue weighted by Gasteiger charge is -2.01. The molecular weight excluding hydrogens is 230 g/mol. The van der Waals surface area contributed by atoms with Crippen LogP contribution in [0.5, 0.6) is 0 Å². The number of H-pyrrole nitrogens is 1. The van der Waals surface area contributed by atoms with Gasteiger partial charge in [-0.3, -0.25) is 4.79 Å². The maximum atomic E-state index is 11.9. The molecule has 4 heteroatoms. The van der Waals surface area contributed by atoms with Crippen LogP contribution in [-0.4, -0.2) is 23.3 Å². The molecule has 0 radical (unpaired) electrons. The van der Waals surface area contributed by atoms with E-state index in [0.29, 0.717) is 12.0 Å². The molecule has 4 nitrogen and oxygen atoms in total. The van der Waals surface area contributed by atoms with Crippen LogP contribution in [0, 0.1) is 6.92 Å². The van der Waals surface area contributed by atoms with Crippen molar-refractivity contribution in [2.24, 2.45) is 0 Å². The Morgan fingerprint density at radius 1 is 1.33 bits per heavy atom. The van der Waals surface area contributed by atoms with Crippen molar-refractivity contribution >= 4 is 22.7 Å². The quantitative estimate of drug-likeness (QED) is 0.511. The number of aryl methyl sites for hydroxylation is 1. The first-order chi connectivity index (χ1) is 8.65. The number of ketones is 1. The van der Waals surface area contributed by atoms with Crippen molar-refractivity contribution in [3.05, 3.63) is 35.5 Å². The number of aromatic amines is 1. The average Bonchev–Trinajstić information content (AvgIpc) is 2.80. The number of carbonyl (C=O) groups excluding carboxylic acids is 2. The first-order valence-corrected chi connectivity index (χ1v) is 5.93. The summed E-state index contributed by atoms with van der Waals surface area (Å²) in [6.07, 6.45) is 2.26. The first-order valence-electron chi connectivity index (χ1n) is 5.93. The fourth-order valence-corrected chi connectivity index (χ4v) is 1.86. The Balaban J connectivity index is 2.34. The third-order valence-electron chi connectivity index (χ3n) is 2.79. The molecule has 0 saturated heterocycles. The monoisotopic (exact) mass is 245 g/mol. The summed E-state index contributed by atoms with van der Waals surface area (Å²) >= 11 is 0. The zero-order chi connectivity index (χ0) is 13.1. The average molecular weight is 245 g/mol. The van der Waals surface area contributed by atoms with Crippen LogP contribution in [0.2, 0.25) is 0 Å². The van der Waals surface area contributed by atoms with Gasteiger partial charge in [-0.2, -0.15) is 0 Å². The lowest BCUT2D eigenvalue weighted by molar-refractivity contribution is -0.138. The number of carbonyl (C=O) groups is 2. The summed E-state index contributed by atoms with van der Waals surface area (Å²) in [5.41, 5.74) is 2.28. The second-order valence-electron chi connectivity index (χ2n) is 4.16. The predicted octanol–water partition coefficient (Wildman–Crippen LogP) is 2.61. The van der Waals surface area contributed by atoms with Crippen molar-refractivity contribution in [1.82, 2.24) is 4.98 Å². The molecule has 1 heterocycles. The number of benzene rings is 1. The molecule has 0 saturated carbocycles. The van der Waals surface area contributed by atoms with Crippen molar-refractivity contribution in [3.8, 4) is 0 Å². The van der Waals surface area contributed by atoms with E-state index in [1.807, 2.05) is 32.0 Å². The normalized spacial score (nSPS) is 10.6. The van der Waals surface area contributed by atoms with Crippen LogP contribution in [0.3, 0.4) is 0 Å². The number of fused-ring (bicyclic) bond motifs is 1. The highest BCUT2D eigenvalue weighted by molar-refractivity contribution is 6.43. The maximum absolute atomic E-state index is 11.9. The highest BCUT2D eigenvalue weighted by atomic mass is 16.5. The van der Waals surface area contributed by atoms with Crippen LogP contribution < -0.4 is 0 Å². The SMILES string of the molecule is CCCOC(=O)C(=O)c1c[nH]c2c(C)cccc12. The van der Waals surface area contributed by atoms with Gasteiger partial charge in [-0.25, -0.2) is 4.79 Å². The highest BCUT2D eigenvalue weighted by Gasteiger charge is 2.21. The van der Waals surface area contributed by atoms with Gasteiger partial charge in [0.1, 0.15) is 0 Å². The molecule has 0 aliphatic rings. The fourth-order valence-electron chi connectivity index (χ4n) is 1.86. The van der Waals surface area contributed by atoms with Gasteiger partial charge in [-0.1, -0.05) is 25.1 Å². The van der Waals surface area contributed by atoms with E-state index in [1.165, 1.54) is 0 Å². The molecule has 1 N–H and O–H groups in total. The van der Waals surface area contributed by atoms with E-state index < -0.39 is 11.8 Å². The van der Waals surface area contributed by atoms with E-state index >= 15 is 0 Å². The minimum absolute atomic E-state index is 0.270. The smallest absolute Gasteiger partial charge is 0.379 e. The second-order valence-corrected chi connectivity index (χ2v) is 4.16. The number of aromatic nitrogens is 1. The zero-order valence-electron chi connectivity index (χ0n) is 10.4. The molecule has 2 rings (SSSR count). The number of nitrogens with one attached hydrogen (secondary N) is 1. The van der Waals surface area contributed by atoms with Crippen molar-refractivity contribution < 1.29 is 14.3 Å². The Hall–Kier alpha value is -2.10. The molecule has 94 valence electrons. The van der Waals surface area contributed by atoms with E-state index in [9.17, 15) is 9.59 Å². The van der Waals surface area contributed by atoms with E-state index in [-0.39, 0.29) is 6.61 Å². The van der Waals surface area contributed by atoms with Crippen LogP contribution in [0.4, 0.5) is 0 Å². The van der Waals surface area contributed by atoms with Gasteiger partial charge >= 0.3 is 5.97 Å². The molecular formula is C14H15NO3. The Labute approximate surface area is 105 Å². The van der Waals surface area contributed by atoms with Gasteiger partial charge in [-0.15, -0.1) is 0 Å². The lowest BCUT2D eigenvalue weighted by atomic mass is 10.1. The molecule has 0 spiro atoms. The van der Waals surface area contributed by atoms with Crippen LogP contribution in [0.15, 0.2) is 24.4 Å². The highest BCUT2D eigenvalue weighted by Crippen LogP contribution is 2.21. The fraction of sp³-hybridized carbons (Fsp3) is 0.286. The third kappa shape index (κ3) is 2.14. The number of hydrogen-bond acceptors (Lipinski definition) is 3. The summed E-state index contributed by atoms with van der Waals surface area (Å²) in [5.74, 6) is -1.39. The third-order valence-corrected chi connectivity index (χ3v) is 2.79. The molecule has 2 aromatic rings. The molecule has 0 aliphatic heterocycles. The van der Waals surface area contributed by atoms with E-state index in [2.05, 4.69) is 4.98 Å². The first kappa shape index (κ1) is 12.4. The standard InChI is InChI=1S/C14H15NO3/c1-3-7-18-14(17)13(16)11-8-15-12-9(2)5-4-6-10(11)12/h4-6,8,15H,3,7H2,1-2H3. The summed E-state index contributed by atoms with van der Waals surface area (Å²) < 4.78 is 4.85. The summed E-state index contributed by atoms with van der Waals surface area (Å²) in [7, 11) is 0. The molecule has 0 fully saturated rings. The largest absolute Gasteiger partial charge is 0.460 e. The number of para-hydroxylation sites is 1. The molecule has 0 atom stereocenters. The van der Waals surface area contributed by atoms with E-state index in [1.54, 1.807) is 6.20 Å². The predicted molar refractivity (Wildman–Crippen MR) is 68.6 cm³/mol. The summed E-state index contributed by atoms with van der Waals surface area (Å²) in [4.78, 5) is 26.5. The number of ether oxygens (including phenoxy) is 1. The summed E-state index contributed by atoms with van der Waals surface area (Å²) in [6, 6.07) is 5.63.